The first-order valence-electron chi connectivity index (χ1n) is 7.76. The molecule has 1 aliphatic heterocycles. The van der Waals surface area contributed by atoms with E-state index in [1.54, 1.807) is 0 Å². The Hall–Kier alpha value is -0.120. The largest absolute Gasteiger partial charge is 0.381 e. The lowest BCUT2D eigenvalue weighted by atomic mass is 9.84. The highest BCUT2D eigenvalue weighted by molar-refractivity contribution is 4.99. The first-order valence-corrected chi connectivity index (χ1v) is 7.76. The van der Waals surface area contributed by atoms with Crippen molar-refractivity contribution < 1.29 is 4.74 Å². The molecule has 5 unspecified atom stereocenters. The van der Waals surface area contributed by atoms with Gasteiger partial charge in [0.2, 0.25) is 0 Å². The fraction of sp³-hybridized carbons (Fsp3) is 1.00. The van der Waals surface area contributed by atoms with Gasteiger partial charge in [0.05, 0.1) is 6.61 Å². The Morgan fingerprint density at radius 3 is 2.67 bits per heavy atom. The number of nitrogens with two attached hydrogens (primary N) is 1. The van der Waals surface area contributed by atoms with E-state index in [9.17, 15) is 0 Å². The van der Waals surface area contributed by atoms with E-state index < -0.39 is 0 Å². The van der Waals surface area contributed by atoms with Crippen molar-refractivity contribution in [3.8, 4) is 0 Å². The molecule has 0 aromatic rings. The summed E-state index contributed by atoms with van der Waals surface area (Å²) >= 11 is 0. The molecule has 3 heteroatoms. The van der Waals surface area contributed by atoms with Gasteiger partial charge in [0.1, 0.15) is 0 Å². The highest BCUT2D eigenvalue weighted by Gasteiger charge is 2.45. The van der Waals surface area contributed by atoms with Crippen molar-refractivity contribution in [3.05, 3.63) is 0 Å². The van der Waals surface area contributed by atoms with Gasteiger partial charge in [0.15, 0.2) is 0 Å². The fourth-order valence-electron chi connectivity index (χ4n) is 4.55. The molecule has 2 saturated carbocycles. The van der Waals surface area contributed by atoms with Crippen LogP contribution in [0.3, 0.4) is 0 Å². The van der Waals surface area contributed by atoms with Crippen molar-refractivity contribution in [1.82, 2.24) is 4.90 Å². The zero-order chi connectivity index (χ0) is 12.5. The van der Waals surface area contributed by atoms with Crippen LogP contribution in [-0.2, 0) is 4.74 Å². The third-order valence-corrected chi connectivity index (χ3v) is 5.50. The number of hydrogen-bond acceptors (Lipinski definition) is 3. The van der Waals surface area contributed by atoms with Crippen LogP contribution in [0.25, 0.3) is 0 Å². The van der Waals surface area contributed by atoms with Crippen LogP contribution in [0, 0.1) is 23.7 Å². The molecule has 3 nitrogen and oxygen atoms in total. The molecule has 0 radical (unpaired) electrons. The fourth-order valence-corrected chi connectivity index (χ4v) is 4.55. The van der Waals surface area contributed by atoms with Crippen molar-refractivity contribution in [1.29, 1.82) is 0 Å². The van der Waals surface area contributed by atoms with Gasteiger partial charge in [-0.25, -0.2) is 0 Å². The average molecular weight is 252 g/mol. The van der Waals surface area contributed by atoms with Crippen LogP contribution < -0.4 is 5.73 Å². The molecule has 2 N–H and O–H groups in total. The smallest absolute Gasteiger partial charge is 0.0506 e. The van der Waals surface area contributed by atoms with Crippen LogP contribution in [0.5, 0.6) is 0 Å². The summed E-state index contributed by atoms with van der Waals surface area (Å²) in [4.78, 5) is 2.52. The van der Waals surface area contributed by atoms with Crippen LogP contribution >= 0.6 is 0 Å². The molecule has 0 aromatic heterocycles. The van der Waals surface area contributed by atoms with E-state index in [0.717, 1.165) is 36.9 Å². The summed E-state index contributed by atoms with van der Waals surface area (Å²) in [5, 5.41) is 0. The van der Waals surface area contributed by atoms with Gasteiger partial charge >= 0.3 is 0 Å². The lowest BCUT2D eigenvalue weighted by molar-refractivity contribution is 0.0383. The maximum absolute atomic E-state index is 6.39. The van der Waals surface area contributed by atoms with Crippen LogP contribution in [0.4, 0.5) is 0 Å². The normalized spacial score (nSPS) is 43.8. The first-order chi connectivity index (χ1) is 8.74. The Balaban J connectivity index is 1.47. The highest BCUT2D eigenvalue weighted by Crippen LogP contribution is 2.47. The van der Waals surface area contributed by atoms with Crippen molar-refractivity contribution >= 4 is 0 Å². The Morgan fingerprint density at radius 2 is 2.00 bits per heavy atom. The molecule has 0 amide bonds. The summed E-state index contributed by atoms with van der Waals surface area (Å²) < 4.78 is 5.57. The van der Waals surface area contributed by atoms with Gasteiger partial charge in [-0.1, -0.05) is 0 Å². The predicted octanol–water partition coefficient (Wildman–Crippen LogP) is 1.72. The second kappa shape index (κ2) is 5.48. The van der Waals surface area contributed by atoms with E-state index in [-0.39, 0.29) is 0 Å². The van der Waals surface area contributed by atoms with Crippen molar-refractivity contribution in [3.63, 3.8) is 0 Å². The first kappa shape index (κ1) is 12.9. The van der Waals surface area contributed by atoms with Crippen molar-refractivity contribution in [2.24, 2.45) is 29.4 Å². The van der Waals surface area contributed by atoms with E-state index >= 15 is 0 Å². The second-order valence-corrected chi connectivity index (χ2v) is 6.88. The Kier molecular flexibility index (Phi) is 3.92. The molecule has 3 fully saturated rings. The van der Waals surface area contributed by atoms with E-state index in [2.05, 4.69) is 11.9 Å². The molecule has 18 heavy (non-hydrogen) atoms. The quantitative estimate of drug-likeness (QED) is 0.828. The second-order valence-electron chi connectivity index (χ2n) is 6.88. The zero-order valence-electron chi connectivity index (χ0n) is 11.7. The van der Waals surface area contributed by atoms with E-state index in [4.69, 9.17) is 10.5 Å². The number of rotatable bonds is 4. The summed E-state index contributed by atoms with van der Waals surface area (Å²) in [7, 11) is 2.27. The van der Waals surface area contributed by atoms with Gasteiger partial charge in [-0.3, -0.25) is 0 Å². The van der Waals surface area contributed by atoms with Crippen LogP contribution in [0.2, 0.25) is 0 Å². The van der Waals surface area contributed by atoms with Crippen LogP contribution in [0.15, 0.2) is 0 Å². The molecule has 3 rings (SSSR count). The van der Waals surface area contributed by atoms with Crippen LogP contribution in [0.1, 0.15) is 32.1 Å². The van der Waals surface area contributed by atoms with Crippen LogP contribution in [-0.4, -0.2) is 44.3 Å². The Bertz CT molecular complexity index is 276. The van der Waals surface area contributed by atoms with Gasteiger partial charge in [-0.2, -0.15) is 0 Å². The van der Waals surface area contributed by atoms with Gasteiger partial charge in [0.25, 0.3) is 0 Å². The standard InChI is InChI=1S/C15H28N2O/c1-17(8-11-3-2-6-18-10-11)9-14-12-4-5-13(7-12)15(14)16/h11-15H,2-10,16H2,1H3. The molecule has 1 saturated heterocycles. The summed E-state index contributed by atoms with van der Waals surface area (Å²) in [5.74, 6) is 3.28. The number of hydrogen-bond donors (Lipinski definition) is 1. The molecule has 2 bridgehead atoms. The summed E-state index contributed by atoms with van der Waals surface area (Å²) in [6, 6.07) is 0.480. The number of nitrogens with zero attached hydrogens (tertiary/aromatic N) is 1. The molecule has 0 spiro atoms. The molecule has 104 valence electrons. The average Bonchev–Trinajstić information content (AvgIpc) is 2.94. The minimum atomic E-state index is 0.480. The maximum Gasteiger partial charge on any atom is 0.0506 e. The van der Waals surface area contributed by atoms with E-state index in [0.29, 0.717) is 6.04 Å². The summed E-state index contributed by atoms with van der Waals surface area (Å²) in [6.07, 6.45) is 6.82. The number of ether oxygens (including phenoxy) is 1. The van der Waals surface area contributed by atoms with Gasteiger partial charge in [-0.05, 0) is 62.8 Å². The lowest BCUT2D eigenvalue weighted by Crippen LogP contribution is -2.43. The molecule has 3 aliphatic rings. The third kappa shape index (κ3) is 2.59. The molecule has 2 aliphatic carbocycles. The molecular weight excluding hydrogens is 224 g/mol. The molecule has 5 atom stereocenters. The Labute approximate surface area is 111 Å². The maximum atomic E-state index is 6.39. The van der Waals surface area contributed by atoms with Gasteiger partial charge in [0, 0.05) is 25.7 Å². The van der Waals surface area contributed by atoms with Gasteiger partial charge in [-0.15, -0.1) is 0 Å². The minimum absolute atomic E-state index is 0.480. The van der Waals surface area contributed by atoms with Gasteiger partial charge < -0.3 is 15.4 Å². The van der Waals surface area contributed by atoms with Crippen molar-refractivity contribution in [2.45, 2.75) is 38.1 Å². The molecule has 1 heterocycles. The summed E-state index contributed by atoms with van der Waals surface area (Å²) in [6.45, 7) is 4.34. The predicted molar refractivity (Wildman–Crippen MR) is 73.3 cm³/mol. The lowest BCUT2D eigenvalue weighted by Gasteiger charge is -2.34. The molecular formula is C15H28N2O. The molecule has 0 aromatic carbocycles. The third-order valence-electron chi connectivity index (χ3n) is 5.50. The SMILES string of the molecule is CN(CC1CCCOC1)CC1C2CCC(C2)C1N. The summed E-state index contributed by atoms with van der Waals surface area (Å²) in [5.41, 5.74) is 6.39. The Morgan fingerprint density at radius 1 is 1.17 bits per heavy atom. The highest BCUT2D eigenvalue weighted by atomic mass is 16.5. The minimum Gasteiger partial charge on any atom is -0.381 e. The van der Waals surface area contributed by atoms with Crippen molar-refractivity contribution in [2.75, 3.05) is 33.4 Å². The van der Waals surface area contributed by atoms with E-state index in [1.165, 1.54) is 45.2 Å². The monoisotopic (exact) mass is 252 g/mol. The zero-order valence-corrected chi connectivity index (χ0v) is 11.7. The topological polar surface area (TPSA) is 38.5 Å². The van der Waals surface area contributed by atoms with E-state index in [1.807, 2.05) is 0 Å². The number of fused-ring (bicyclic) bond motifs is 2.